The molecule has 6 nitrogen and oxygen atoms in total. The Hall–Kier alpha value is -1.83. The number of hydrogen-bond donors (Lipinski definition) is 4. The molecule has 0 amide bonds. The number of fused-ring (bicyclic) bond motifs is 1. The fraction of sp³-hybridized carbons (Fsp3) is 0.231. The number of aromatic hydroxyl groups is 1. The molecular weight excluding hydrogens is 280 g/mol. The molecule has 0 bridgehead atoms. The molecule has 0 spiro atoms. The van der Waals surface area contributed by atoms with E-state index >= 15 is 0 Å². The van der Waals surface area contributed by atoms with E-state index in [1.807, 2.05) is 6.92 Å². The van der Waals surface area contributed by atoms with Crippen molar-refractivity contribution in [2.24, 2.45) is 5.73 Å². The molecule has 20 heavy (non-hydrogen) atoms. The van der Waals surface area contributed by atoms with Gasteiger partial charge in [-0.2, -0.15) is 8.42 Å². The van der Waals surface area contributed by atoms with E-state index in [-0.39, 0.29) is 16.7 Å². The van der Waals surface area contributed by atoms with Crippen molar-refractivity contribution >= 4 is 26.6 Å². The molecule has 0 heterocycles. The summed E-state index contributed by atoms with van der Waals surface area (Å²) in [6.45, 7) is 2.44. The van der Waals surface area contributed by atoms with Crippen molar-refractivity contribution in [3.8, 4) is 5.75 Å². The Bertz CT molecular complexity index is 741. The fourth-order valence-electron chi connectivity index (χ4n) is 1.85. The van der Waals surface area contributed by atoms with Crippen LogP contribution in [0.15, 0.2) is 35.2 Å². The second-order valence-corrected chi connectivity index (χ2v) is 6.13. The minimum atomic E-state index is -4.34. The van der Waals surface area contributed by atoms with Gasteiger partial charge in [0.15, 0.2) is 0 Å². The van der Waals surface area contributed by atoms with E-state index < -0.39 is 10.1 Å². The largest absolute Gasteiger partial charge is 0.507 e. The maximum absolute atomic E-state index is 11.1. The van der Waals surface area contributed by atoms with Crippen LogP contribution in [0, 0.1) is 0 Å². The molecule has 108 valence electrons. The minimum absolute atomic E-state index is 0.0128. The van der Waals surface area contributed by atoms with Gasteiger partial charge in [0.1, 0.15) is 5.75 Å². The molecule has 0 aromatic heterocycles. The van der Waals surface area contributed by atoms with Gasteiger partial charge in [0.2, 0.25) is 0 Å². The summed E-state index contributed by atoms with van der Waals surface area (Å²) < 4.78 is 31.2. The fourth-order valence-corrected chi connectivity index (χ4v) is 2.39. The third-order valence-corrected chi connectivity index (χ3v) is 3.66. The Morgan fingerprint density at radius 1 is 1.30 bits per heavy atom. The number of nitrogens with two attached hydrogens (primary N) is 1. The van der Waals surface area contributed by atoms with Gasteiger partial charge in [-0.25, -0.2) is 0 Å². The molecule has 7 heteroatoms. The molecule has 0 saturated carbocycles. The molecule has 2 aromatic rings. The minimum Gasteiger partial charge on any atom is -0.507 e. The number of nitrogens with one attached hydrogen (secondary N) is 1. The molecule has 0 fully saturated rings. The van der Waals surface area contributed by atoms with Crippen LogP contribution >= 0.6 is 0 Å². The van der Waals surface area contributed by atoms with Crippen LogP contribution in [-0.2, 0) is 10.1 Å². The van der Waals surface area contributed by atoms with Crippen molar-refractivity contribution in [1.29, 1.82) is 0 Å². The lowest BCUT2D eigenvalue weighted by molar-refractivity contribution is 0.471. The first kappa shape index (κ1) is 14.6. The van der Waals surface area contributed by atoms with Crippen molar-refractivity contribution < 1.29 is 18.1 Å². The first-order valence-electron chi connectivity index (χ1n) is 6.01. The highest BCUT2D eigenvalue weighted by atomic mass is 32.2. The molecule has 2 rings (SSSR count). The van der Waals surface area contributed by atoms with Crippen LogP contribution in [-0.4, -0.2) is 30.7 Å². The van der Waals surface area contributed by atoms with Gasteiger partial charge in [-0.3, -0.25) is 4.55 Å². The number of phenols is 1. The van der Waals surface area contributed by atoms with Crippen LogP contribution in [0.4, 0.5) is 5.69 Å². The van der Waals surface area contributed by atoms with Crippen LogP contribution in [0.5, 0.6) is 5.75 Å². The summed E-state index contributed by atoms with van der Waals surface area (Å²) in [7, 11) is -4.34. The van der Waals surface area contributed by atoms with Gasteiger partial charge in [0, 0.05) is 29.7 Å². The monoisotopic (exact) mass is 296 g/mol. The van der Waals surface area contributed by atoms with E-state index in [1.54, 1.807) is 18.2 Å². The van der Waals surface area contributed by atoms with E-state index in [0.717, 1.165) is 11.8 Å². The van der Waals surface area contributed by atoms with Gasteiger partial charge in [0.05, 0.1) is 4.90 Å². The highest BCUT2D eigenvalue weighted by molar-refractivity contribution is 7.85. The van der Waals surface area contributed by atoms with Gasteiger partial charge in [-0.1, -0.05) is 6.07 Å². The van der Waals surface area contributed by atoms with Crippen LogP contribution in [0.3, 0.4) is 0 Å². The number of phenolic OH excluding ortho intramolecular Hbond substituents is 1. The third kappa shape index (κ3) is 3.19. The SMILES string of the molecule is CC(N)CNc1ccc2cc(S(=O)(=O)O)cc(O)c2c1. The number of hydrogen-bond acceptors (Lipinski definition) is 5. The molecule has 0 aliphatic heterocycles. The van der Waals surface area contributed by atoms with Crippen LogP contribution in [0.2, 0.25) is 0 Å². The van der Waals surface area contributed by atoms with E-state index in [4.69, 9.17) is 10.3 Å². The highest BCUT2D eigenvalue weighted by Crippen LogP contribution is 2.30. The predicted octanol–water partition coefficient (Wildman–Crippen LogP) is 1.55. The molecule has 0 aliphatic carbocycles. The maximum Gasteiger partial charge on any atom is 0.294 e. The molecule has 0 aliphatic rings. The summed E-state index contributed by atoms with van der Waals surface area (Å²) in [6, 6.07) is 7.42. The zero-order valence-electron chi connectivity index (χ0n) is 10.9. The highest BCUT2D eigenvalue weighted by Gasteiger charge is 2.13. The average Bonchev–Trinajstić information content (AvgIpc) is 2.35. The van der Waals surface area contributed by atoms with E-state index in [1.165, 1.54) is 6.07 Å². The lowest BCUT2D eigenvalue weighted by Crippen LogP contribution is -2.25. The summed E-state index contributed by atoms with van der Waals surface area (Å²) in [4.78, 5) is -0.334. The topological polar surface area (TPSA) is 113 Å². The van der Waals surface area contributed by atoms with Crippen molar-refractivity contribution in [3.05, 3.63) is 30.3 Å². The van der Waals surface area contributed by atoms with Crippen molar-refractivity contribution in [3.63, 3.8) is 0 Å². The van der Waals surface area contributed by atoms with Crippen LogP contribution in [0.1, 0.15) is 6.92 Å². The molecule has 0 radical (unpaired) electrons. The van der Waals surface area contributed by atoms with Crippen LogP contribution in [0.25, 0.3) is 10.8 Å². The smallest absolute Gasteiger partial charge is 0.294 e. The lowest BCUT2D eigenvalue weighted by Gasteiger charge is -2.11. The van der Waals surface area contributed by atoms with E-state index in [0.29, 0.717) is 17.3 Å². The molecule has 1 unspecified atom stereocenters. The van der Waals surface area contributed by atoms with E-state index in [2.05, 4.69) is 5.32 Å². The summed E-state index contributed by atoms with van der Waals surface area (Å²) in [5.41, 5.74) is 6.41. The van der Waals surface area contributed by atoms with E-state index in [9.17, 15) is 13.5 Å². The van der Waals surface area contributed by atoms with Gasteiger partial charge < -0.3 is 16.2 Å². The quantitative estimate of drug-likeness (QED) is 0.637. The van der Waals surface area contributed by atoms with Crippen LogP contribution < -0.4 is 11.1 Å². The van der Waals surface area contributed by atoms with Gasteiger partial charge in [0.25, 0.3) is 10.1 Å². The molecule has 2 aromatic carbocycles. The Morgan fingerprint density at radius 3 is 2.60 bits per heavy atom. The average molecular weight is 296 g/mol. The normalized spacial score (nSPS) is 13.3. The maximum atomic E-state index is 11.1. The third-order valence-electron chi connectivity index (χ3n) is 2.83. The van der Waals surface area contributed by atoms with Crippen molar-refractivity contribution in [2.75, 3.05) is 11.9 Å². The zero-order valence-corrected chi connectivity index (χ0v) is 11.7. The Kier molecular flexibility index (Phi) is 3.85. The molecule has 0 saturated heterocycles. The van der Waals surface area contributed by atoms with Gasteiger partial charge in [-0.15, -0.1) is 0 Å². The standard InChI is InChI=1S/C13H16N2O4S/c1-8(14)7-15-10-3-2-9-4-11(20(17,18)19)6-13(16)12(9)5-10/h2-6,8,15-16H,7,14H2,1H3,(H,17,18,19). The second-order valence-electron chi connectivity index (χ2n) is 4.71. The Balaban J connectivity index is 2.47. The number of benzene rings is 2. The van der Waals surface area contributed by atoms with Gasteiger partial charge in [-0.05, 0) is 30.5 Å². The summed E-state index contributed by atoms with van der Waals surface area (Å²) in [6.07, 6.45) is 0. The molecule has 5 N–H and O–H groups in total. The first-order chi connectivity index (χ1) is 9.27. The lowest BCUT2D eigenvalue weighted by atomic mass is 10.1. The van der Waals surface area contributed by atoms with Crippen molar-refractivity contribution in [2.45, 2.75) is 17.9 Å². The summed E-state index contributed by atoms with van der Waals surface area (Å²) in [5.74, 6) is -0.209. The Labute approximate surface area is 117 Å². The number of rotatable bonds is 4. The first-order valence-corrected chi connectivity index (χ1v) is 7.45. The molecular formula is C13H16N2O4S. The zero-order chi connectivity index (χ0) is 14.9. The summed E-state index contributed by atoms with van der Waals surface area (Å²) >= 11 is 0. The molecule has 1 atom stereocenters. The predicted molar refractivity (Wildman–Crippen MR) is 77.6 cm³/mol. The number of anilines is 1. The van der Waals surface area contributed by atoms with Gasteiger partial charge >= 0.3 is 0 Å². The second kappa shape index (κ2) is 5.28. The Morgan fingerprint density at radius 2 is 2.00 bits per heavy atom. The summed E-state index contributed by atoms with van der Waals surface area (Å²) in [5, 5.41) is 14.0. The van der Waals surface area contributed by atoms with Crippen molar-refractivity contribution in [1.82, 2.24) is 0 Å².